The largest absolute Gasteiger partial charge is 0.352 e. The van der Waals surface area contributed by atoms with E-state index in [2.05, 4.69) is 4.90 Å². The van der Waals surface area contributed by atoms with Crippen molar-refractivity contribution in [1.29, 1.82) is 0 Å². The molecule has 0 N–H and O–H groups in total. The Hall–Kier alpha value is -0.120. The molecular formula is C8H17NO2. The van der Waals surface area contributed by atoms with Crippen LogP contribution in [-0.2, 0) is 9.47 Å². The minimum atomic E-state index is -0.316. The van der Waals surface area contributed by atoms with Crippen molar-refractivity contribution in [3.05, 3.63) is 0 Å². The molecule has 0 spiro atoms. The second-order valence-electron chi connectivity index (χ2n) is 3.30. The zero-order chi connectivity index (χ0) is 8.32. The van der Waals surface area contributed by atoms with Gasteiger partial charge in [-0.2, -0.15) is 0 Å². The SMILES string of the molecule is COC1(CN(C)C)CCCO1. The molecule has 0 saturated carbocycles. The molecule has 1 aliphatic heterocycles. The fraction of sp³-hybridized carbons (Fsp3) is 1.00. The van der Waals surface area contributed by atoms with Gasteiger partial charge in [-0.25, -0.2) is 0 Å². The summed E-state index contributed by atoms with van der Waals surface area (Å²) in [5.41, 5.74) is 0. The van der Waals surface area contributed by atoms with Crippen molar-refractivity contribution in [2.45, 2.75) is 18.6 Å². The van der Waals surface area contributed by atoms with Crippen LogP contribution in [-0.4, -0.2) is 45.0 Å². The molecule has 0 aliphatic carbocycles. The van der Waals surface area contributed by atoms with Crippen LogP contribution in [0.25, 0.3) is 0 Å². The second-order valence-corrected chi connectivity index (χ2v) is 3.30. The lowest BCUT2D eigenvalue weighted by molar-refractivity contribution is -0.200. The summed E-state index contributed by atoms with van der Waals surface area (Å²) in [5, 5.41) is 0. The van der Waals surface area contributed by atoms with Crippen LogP contribution in [0.3, 0.4) is 0 Å². The highest BCUT2D eigenvalue weighted by Gasteiger charge is 2.35. The Morgan fingerprint density at radius 2 is 2.27 bits per heavy atom. The Morgan fingerprint density at radius 3 is 2.64 bits per heavy atom. The quantitative estimate of drug-likeness (QED) is 0.605. The third-order valence-corrected chi connectivity index (χ3v) is 2.00. The van der Waals surface area contributed by atoms with Crippen LogP contribution in [0.2, 0.25) is 0 Å². The van der Waals surface area contributed by atoms with Gasteiger partial charge in [-0.1, -0.05) is 0 Å². The van der Waals surface area contributed by atoms with Crippen molar-refractivity contribution in [3.8, 4) is 0 Å². The van der Waals surface area contributed by atoms with Crippen molar-refractivity contribution >= 4 is 0 Å². The number of ether oxygens (including phenoxy) is 2. The van der Waals surface area contributed by atoms with Crippen molar-refractivity contribution in [3.63, 3.8) is 0 Å². The number of rotatable bonds is 3. The van der Waals surface area contributed by atoms with E-state index in [1.54, 1.807) is 7.11 Å². The van der Waals surface area contributed by atoms with E-state index in [4.69, 9.17) is 9.47 Å². The number of hydrogen-bond donors (Lipinski definition) is 0. The molecule has 66 valence electrons. The normalized spacial score (nSPS) is 31.6. The minimum Gasteiger partial charge on any atom is -0.352 e. The standard InChI is InChI=1S/C8H17NO2/c1-9(2)7-8(10-3)5-4-6-11-8/h4-7H2,1-3H3. The molecule has 3 nitrogen and oxygen atoms in total. The summed E-state index contributed by atoms with van der Waals surface area (Å²) >= 11 is 0. The Morgan fingerprint density at radius 1 is 1.55 bits per heavy atom. The Kier molecular flexibility index (Phi) is 2.87. The monoisotopic (exact) mass is 159 g/mol. The maximum absolute atomic E-state index is 5.54. The van der Waals surface area contributed by atoms with E-state index >= 15 is 0 Å². The van der Waals surface area contributed by atoms with Crippen molar-refractivity contribution in [2.24, 2.45) is 0 Å². The molecule has 1 rings (SSSR count). The van der Waals surface area contributed by atoms with Gasteiger partial charge in [0, 0.05) is 13.5 Å². The predicted molar refractivity (Wildman–Crippen MR) is 43.5 cm³/mol. The summed E-state index contributed by atoms with van der Waals surface area (Å²) < 4.78 is 10.9. The van der Waals surface area contributed by atoms with Gasteiger partial charge < -0.3 is 14.4 Å². The molecule has 0 aromatic carbocycles. The average molecular weight is 159 g/mol. The van der Waals surface area contributed by atoms with Gasteiger partial charge in [-0.3, -0.25) is 0 Å². The second kappa shape index (κ2) is 3.52. The molecule has 0 aromatic heterocycles. The van der Waals surface area contributed by atoms with Gasteiger partial charge in [0.25, 0.3) is 0 Å². The Balaban J connectivity index is 2.45. The smallest absolute Gasteiger partial charge is 0.180 e. The van der Waals surface area contributed by atoms with E-state index in [0.717, 1.165) is 26.0 Å². The van der Waals surface area contributed by atoms with Gasteiger partial charge in [0.05, 0.1) is 13.2 Å². The summed E-state index contributed by atoms with van der Waals surface area (Å²) in [6.45, 7) is 1.69. The number of methoxy groups -OCH3 is 1. The molecule has 0 radical (unpaired) electrons. The third-order valence-electron chi connectivity index (χ3n) is 2.00. The van der Waals surface area contributed by atoms with E-state index in [1.807, 2.05) is 14.1 Å². The maximum Gasteiger partial charge on any atom is 0.180 e. The van der Waals surface area contributed by atoms with Crippen LogP contribution in [0.15, 0.2) is 0 Å². The molecule has 1 atom stereocenters. The van der Waals surface area contributed by atoms with Crippen LogP contribution in [0.1, 0.15) is 12.8 Å². The summed E-state index contributed by atoms with van der Waals surface area (Å²) in [7, 11) is 5.78. The first-order chi connectivity index (χ1) is 5.18. The lowest BCUT2D eigenvalue weighted by Crippen LogP contribution is -2.41. The van der Waals surface area contributed by atoms with E-state index in [9.17, 15) is 0 Å². The van der Waals surface area contributed by atoms with Crippen LogP contribution < -0.4 is 0 Å². The zero-order valence-electron chi connectivity index (χ0n) is 7.59. The first-order valence-corrected chi connectivity index (χ1v) is 4.02. The average Bonchev–Trinajstić information content (AvgIpc) is 2.36. The van der Waals surface area contributed by atoms with E-state index in [1.165, 1.54) is 0 Å². The Bertz CT molecular complexity index is 119. The van der Waals surface area contributed by atoms with Crippen LogP contribution in [0.5, 0.6) is 0 Å². The molecule has 1 heterocycles. The molecule has 0 amide bonds. The summed E-state index contributed by atoms with van der Waals surface area (Å²) in [6, 6.07) is 0. The van der Waals surface area contributed by atoms with Crippen molar-refractivity contribution in [1.82, 2.24) is 4.90 Å². The fourth-order valence-electron chi connectivity index (χ4n) is 1.50. The number of likely N-dealkylation sites (N-methyl/N-ethyl adjacent to an activating group) is 1. The molecule has 3 heteroatoms. The summed E-state index contributed by atoms with van der Waals surface area (Å²) in [5.74, 6) is -0.316. The molecule has 1 saturated heterocycles. The molecule has 1 fully saturated rings. The zero-order valence-corrected chi connectivity index (χ0v) is 7.59. The summed E-state index contributed by atoms with van der Waals surface area (Å²) in [4.78, 5) is 2.09. The topological polar surface area (TPSA) is 21.7 Å². The molecule has 0 aromatic rings. The first-order valence-electron chi connectivity index (χ1n) is 4.02. The van der Waals surface area contributed by atoms with E-state index < -0.39 is 0 Å². The van der Waals surface area contributed by atoms with E-state index in [0.29, 0.717) is 0 Å². The van der Waals surface area contributed by atoms with Gasteiger partial charge in [0.1, 0.15) is 0 Å². The van der Waals surface area contributed by atoms with Crippen LogP contribution in [0.4, 0.5) is 0 Å². The van der Waals surface area contributed by atoms with Crippen molar-refractivity contribution < 1.29 is 9.47 Å². The molecule has 0 bridgehead atoms. The fourth-order valence-corrected chi connectivity index (χ4v) is 1.50. The van der Waals surface area contributed by atoms with Crippen LogP contribution in [0, 0.1) is 0 Å². The van der Waals surface area contributed by atoms with Gasteiger partial charge in [-0.15, -0.1) is 0 Å². The number of nitrogens with zero attached hydrogens (tertiary/aromatic N) is 1. The van der Waals surface area contributed by atoms with Gasteiger partial charge in [-0.05, 0) is 20.5 Å². The lowest BCUT2D eigenvalue weighted by atomic mass is 10.2. The maximum atomic E-state index is 5.54. The first kappa shape index (κ1) is 8.97. The highest BCUT2D eigenvalue weighted by Crippen LogP contribution is 2.26. The van der Waals surface area contributed by atoms with Crippen molar-refractivity contribution in [2.75, 3.05) is 34.4 Å². The summed E-state index contributed by atoms with van der Waals surface area (Å²) in [6.07, 6.45) is 2.13. The van der Waals surface area contributed by atoms with Gasteiger partial charge in [0.15, 0.2) is 5.79 Å². The molecular weight excluding hydrogens is 142 g/mol. The Labute approximate surface area is 68.3 Å². The lowest BCUT2D eigenvalue weighted by Gasteiger charge is -2.29. The van der Waals surface area contributed by atoms with Gasteiger partial charge in [0.2, 0.25) is 0 Å². The minimum absolute atomic E-state index is 0.316. The highest BCUT2D eigenvalue weighted by atomic mass is 16.7. The molecule has 1 aliphatic rings. The van der Waals surface area contributed by atoms with E-state index in [-0.39, 0.29) is 5.79 Å². The number of hydrogen-bond acceptors (Lipinski definition) is 3. The highest BCUT2D eigenvalue weighted by molar-refractivity contribution is 4.77. The van der Waals surface area contributed by atoms with Gasteiger partial charge >= 0.3 is 0 Å². The molecule has 1 unspecified atom stereocenters. The predicted octanol–water partition coefficient (Wildman–Crippen LogP) is 0.701. The van der Waals surface area contributed by atoms with Crippen LogP contribution >= 0.6 is 0 Å². The third kappa shape index (κ3) is 2.15. The molecule has 11 heavy (non-hydrogen) atoms.